The van der Waals surface area contributed by atoms with Gasteiger partial charge < -0.3 is 10.2 Å². The maximum Gasteiger partial charge on any atom is 0.303 e. The second-order valence-corrected chi connectivity index (χ2v) is 8.85. The predicted octanol–water partition coefficient (Wildman–Crippen LogP) is 5.46. The predicted molar refractivity (Wildman–Crippen MR) is 113 cm³/mol. The molecule has 1 heterocycles. The van der Waals surface area contributed by atoms with E-state index in [9.17, 15) is 19.1 Å². The Bertz CT molecular complexity index is 842. The second-order valence-electron chi connectivity index (χ2n) is 7.73. The highest BCUT2D eigenvalue weighted by molar-refractivity contribution is 7.19. The summed E-state index contributed by atoms with van der Waals surface area (Å²) in [6.07, 6.45) is 5.05. The topological polar surface area (TPSA) is 74.6 Å². The third-order valence-corrected chi connectivity index (χ3v) is 6.79. The van der Waals surface area contributed by atoms with E-state index in [1.165, 1.54) is 11.3 Å². The number of alkyl halides is 1. The Hall–Kier alpha value is -2.05. The first-order chi connectivity index (χ1) is 14.0. The van der Waals surface area contributed by atoms with Crippen molar-refractivity contribution in [3.63, 3.8) is 0 Å². The number of carboxylic acids is 1. The van der Waals surface area contributed by atoms with Crippen molar-refractivity contribution in [1.82, 2.24) is 0 Å². The summed E-state index contributed by atoms with van der Waals surface area (Å²) in [5.41, 5.74) is 0. The van der Waals surface area contributed by atoms with Crippen LogP contribution < -0.4 is 0 Å². The highest BCUT2D eigenvalue weighted by Gasteiger charge is 2.40. The Morgan fingerprint density at radius 2 is 2.00 bits per heavy atom. The molecule has 1 aliphatic rings. The van der Waals surface area contributed by atoms with Gasteiger partial charge in [0, 0.05) is 34.3 Å². The van der Waals surface area contributed by atoms with E-state index in [4.69, 9.17) is 5.11 Å². The Balaban J connectivity index is 1.56. The fraction of sp³-hybridized carbons (Fsp3) is 0.478. The molecule has 0 radical (unpaired) electrons. The highest BCUT2D eigenvalue weighted by Crippen LogP contribution is 2.37. The number of carbonyl (C=O) groups is 2. The zero-order chi connectivity index (χ0) is 20.8. The number of halogens is 1. The minimum absolute atomic E-state index is 0.0472. The monoisotopic (exact) mass is 418 g/mol. The van der Waals surface area contributed by atoms with E-state index in [1.54, 1.807) is 12.2 Å². The van der Waals surface area contributed by atoms with Crippen molar-refractivity contribution >= 4 is 33.2 Å². The molecule has 4 nitrogen and oxygen atoms in total. The minimum Gasteiger partial charge on any atom is -0.481 e. The number of carbonyl (C=O) groups excluding carboxylic acids is 1. The summed E-state index contributed by atoms with van der Waals surface area (Å²) in [6.45, 7) is 0. The molecule has 1 unspecified atom stereocenters. The van der Waals surface area contributed by atoms with Crippen LogP contribution in [0.15, 0.2) is 42.5 Å². The average molecular weight is 419 g/mol. The van der Waals surface area contributed by atoms with Gasteiger partial charge in [0.1, 0.15) is 18.1 Å². The number of Topliss-reactive ketones (excluding diaryl/α,β-unsaturated/α-hetero) is 1. The number of hydrogen-bond acceptors (Lipinski definition) is 4. The molecule has 3 rings (SSSR count). The summed E-state index contributed by atoms with van der Waals surface area (Å²) in [5.74, 6) is -1.69. The van der Waals surface area contributed by atoms with Gasteiger partial charge in [-0.25, -0.2) is 4.39 Å². The van der Waals surface area contributed by atoms with Crippen LogP contribution in [-0.4, -0.2) is 28.1 Å². The molecule has 4 atom stereocenters. The van der Waals surface area contributed by atoms with E-state index in [0.717, 1.165) is 34.2 Å². The van der Waals surface area contributed by atoms with Gasteiger partial charge in [-0.05, 0) is 30.4 Å². The number of allylic oxidation sites excluding steroid dienone is 1. The van der Waals surface area contributed by atoms with Crippen LogP contribution in [0.25, 0.3) is 10.1 Å². The number of carboxylic acid groups (broad SMARTS) is 1. The summed E-state index contributed by atoms with van der Waals surface area (Å²) >= 11 is 1.51. The molecular formula is C23H27FO4S. The first kappa shape index (κ1) is 21.7. The molecule has 0 spiro atoms. The smallest absolute Gasteiger partial charge is 0.303 e. The molecular weight excluding hydrogens is 391 g/mol. The third kappa shape index (κ3) is 5.73. The van der Waals surface area contributed by atoms with Crippen LogP contribution in [0.4, 0.5) is 4.39 Å². The summed E-state index contributed by atoms with van der Waals surface area (Å²) < 4.78 is 15.5. The zero-order valence-corrected chi connectivity index (χ0v) is 17.1. The number of unbranched alkanes of at least 4 members (excludes halogenated alkanes) is 3. The molecule has 2 aromatic rings. The Labute approximate surface area is 174 Å². The lowest BCUT2D eigenvalue weighted by Gasteiger charge is -2.17. The van der Waals surface area contributed by atoms with Gasteiger partial charge in [-0.3, -0.25) is 9.59 Å². The summed E-state index contributed by atoms with van der Waals surface area (Å²) in [6, 6.07) is 9.83. The molecule has 1 aromatic carbocycles. The SMILES string of the molecule is O=C(O)CCCCCC[C@H]1C(=O)C[C@@H](F)[C@@H]1C=CC(O)c1cc2ccccc2s1. The van der Waals surface area contributed by atoms with E-state index < -0.39 is 24.2 Å². The number of aliphatic hydroxyl groups is 1. The van der Waals surface area contributed by atoms with Crippen molar-refractivity contribution < 1.29 is 24.2 Å². The van der Waals surface area contributed by atoms with Crippen LogP contribution in [0.5, 0.6) is 0 Å². The van der Waals surface area contributed by atoms with Crippen molar-refractivity contribution in [3.8, 4) is 0 Å². The second kappa shape index (κ2) is 10.1. The van der Waals surface area contributed by atoms with Gasteiger partial charge in [0.25, 0.3) is 0 Å². The van der Waals surface area contributed by atoms with E-state index >= 15 is 0 Å². The van der Waals surface area contributed by atoms with Crippen molar-refractivity contribution in [2.24, 2.45) is 11.8 Å². The molecule has 0 saturated heterocycles. The lowest BCUT2D eigenvalue weighted by molar-refractivity contribution is -0.137. The summed E-state index contributed by atoms with van der Waals surface area (Å²) in [4.78, 5) is 23.6. The fourth-order valence-electron chi connectivity index (χ4n) is 4.03. The number of ketones is 1. The van der Waals surface area contributed by atoms with Crippen LogP contribution in [0.2, 0.25) is 0 Å². The number of rotatable bonds is 10. The minimum atomic E-state index is -1.20. The number of thiophene rings is 1. The molecule has 156 valence electrons. The standard InChI is InChI=1S/C23H27FO4S/c24-18-14-20(26)17(8-3-1-2-4-10-23(27)28)16(18)11-12-19(25)22-13-15-7-5-6-9-21(15)29-22/h5-7,9,11-13,16-19,25H,1-4,8,10,14H2,(H,27,28)/t16-,17-,18-,19?/m1/s1. The molecule has 29 heavy (non-hydrogen) atoms. The highest BCUT2D eigenvalue weighted by atomic mass is 32.1. The van der Waals surface area contributed by atoms with E-state index in [1.807, 2.05) is 30.3 Å². The summed E-state index contributed by atoms with van der Waals surface area (Å²) in [7, 11) is 0. The number of aliphatic hydroxyl groups excluding tert-OH is 1. The van der Waals surface area contributed by atoms with Gasteiger partial charge >= 0.3 is 5.97 Å². The van der Waals surface area contributed by atoms with Crippen molar-refractivity contribution in [1.29, 1.82) is 0 Å². The summed E-state index contributed by atoms with van der Waals surface area (Å²) in [5, 5.41) is 20.2. The molecule has 0 bridgehead atoms. The van der Waals surface area contributed by atoms with Crippen LogP contribution >= 0.6 is 11.3 Å². The maximum absolute atomic E-state index is 14.4. The van der Waals surface area contributed by atoms with E-state index in [-0.39, 0.29) is 24.5 Å². The molecule has 0 aliphatic heterocycles. The maximum atomic E-state index is 14.4. The molecule has 1 aromatic heterocycles. The van der Waals surface area contributed by atoms with Crippen LogP contribution in [0.1, 0.15) is 55.9 Å². The first-order valence-corrected chi connectivity index (χ1v) is 11.0. The normalized spacial score (nSPS) is 23.2. The molecule has 1 fully saturated rings. The third-order valence-electron chi connectivity index (χ3n) is 5.60. The number of fused-ring (bicyclic) bond motifs is 1. The van der Waals surface area contributed by atoms with Gasteiger partial charge in [-0.15, -0.1) is 11.3 Å². The van der Waals surface area contributed by atoms with E-state index in [2.05, 4.69) is 0 Å². The largest absolute Gasteiger partial charge is 0.481 e. The Morgan fingerprint density at radius 3 is 2.76 bits per heavy atom. The van der Waals surface area contributed by atoms with Gasteiger partial charge in [-0.1, -0.05) is 49.6 Å². The van der Waals surface area contributed by atoms with Crippen LogP contribution in [0, 0.1) is 11.8 Å². The van der Waals surface area contributed by atoms with Crippen molar-refractivity contribution in [2.75, 3.05) is 0 Å². The van der Waals surface area contributed by atoms with Crippen LogP contribution in [0.3, 0.4) is 0 Å². The van der Waals surface area contributed by atoms with Crippen LogP contribution in [-0.2, 0) is 9.59 Å². The van der Waals surface area contributed by atoms with Crippen molar-refractivity contribution in [3.05, 3.63) is 47.4 Å². The Kier molecular flexibility index (Phi) is 7.56. The fourth-order valence-corrected chi connectivity index (χ4v) is 5.06. The molecule has 2 N–H and O–H groups in total. The van der Waals surface area contributed by atoms with Gasteiger partial charge in [0.2, 0.25) is 0 Å². The average Bonchev–Trinajstić information content (AvgIpc) is 3.23. The number of benzene rings is 1. The van der Waals surface area contributed by atoms with Crippen molar-refractivity contribution in [2.45, 2.75) is 57.2 Å². The quantitative estimate of drug-likeness (QED) is 0.397. The lowest BCUT2D eigenvalue weighted by Crippen LogP contribution is -2.16. The number of hydrogen-bond donors (Lipinski definition) is 2. The van der Waals surface area contributed by atoms with Gasteiger partial charge in [0.05, 0.1) is 0 Å². The van der Waals surface area contributed by atoms with Gasteiger partial charge in [0.15, 0.2) is 0 Å². The molecule has 6 heteroatoms. The molecule has 1 aliphatic carbocycles. The Morgan fingerprint density at radius 1 is 1.24 bits per heavy atom. The number of aliphatic carboxylic acids is 1. The lowest BCUT2D eigenvalue weighted by atomic mass is 9.89. The first-order valence-electron chi connectivity index (χ1n) is 10.2. The molecule has 0 amide bonds. The van der Waals surface area contributed by atoms with Gasteiger partial charge in [-0.2, -0.15) is 0 Å². The zero-order valence-electron chi connectivity index (χ0n) is 16.3. The van der Waals surface area contributed by atoms with E-state index in [0.29, 0.717) is 12.8 Å². The molecule has 1 saturated carbocycles.